The number of rotatable bonds is 3. The Bertz CT molecular complexity index is 475. The second kappa shape index (κ2) is 4.81. The van der Waals surface area contributed by atoms with Gasteiger partial charge in [-0.3, -0.25) is 10.1 Å². The minimum Gasteiger partial charge on any atom is -0.389 e. The first kappa shape index (κ1) is 12.3. The molecule has 0 aromatic heterocycles. The molecule has 0 aliphatic heterocycles. The second-order valence-electron chi connectivity index (χ2n) is 2.84. The summed E-state index contributed by atoms with van der Waals surface area (Å²) in [4.78, 5) is 10.1. The van der Waals surface area contributed by atoms with Crippen LogP contribution in [-0.2, 0) is 0 Å². The predicted octanol–water partition coefficient (Wildman–Crippen LogP) is 0.885. The molecule has 1 rings (SSSR count). The van der Waals surface area contributed by atoms with Crippen molar-refractivity contribution in [1.29, 1.82) is 0 Å². The molecule has 8 heteroatoms. The normalized spacial score (nSPS) is 9.50. The summed E-state index contributed by atoms with van der Waals surface area (Å²) >= 11 is 9.44. The Kier molecular flexibility index (Phi) is 3.69. The summed E-state index contributed by atoms with van der Waals surface area (Å²) in [5.74, 6) is 0. The number of thiocarbonyl (C=S) groups is 2. The van der Waals surface area contributed by atoms with Gasteiger partial charge in [-0.1, -0.05) is 12.2 Å². The third kappa shape index (κ3) is 2.84. The lowest BCUT2D eigenvalue weighted by Crippen LogP contribution is -2.22. The Labute approximate surface area is 102 Å². The molecule has 0 fully saturated rings. The molecular formula is C8H8N4O2S2. The first-order chi connectivity index (χ1) is 7.41. The molecular weight excluding hydrogens is 248 g/mol. The van der Waals surface area contributed by atoms with E-state index in [4.69, 9.17) is 23.7 Å². The third-order valence-electron chi connectivity index (χ3n) is 1.74. The van der Waals surface area contributed by atoms with Crippen molar-refractivity contribution in [2.45, 2.75) is 0 Å². The van der Waals surface area contributed by atoms with Crippen molar-refractivity contribution < 1.29 is 4.92 Å². The van der Waals surface area contributed by atoms with Crippen molar-refractivity contribution in [2.24, 2.45) is 11.5 Å². The highest BCUT2D eigenvalue weighted by Gasteiger charge is 2.12. The van der Waals surface area contributed by atoms with E-state index in [1.807, 2.05) is 0 Å². The van der Waals surface area contributed by atoms with Crippen LogP contribution in [0.25, 0.3) is 0 Å². The minimum absolute atomic E-state index is 0.0300. The van der Waals surface area contributed by atoms with Gasteiger partial charge in [-0.15, -0.1) is 0 Å². The lowest BCUT2D eigenvalue weighted by molar-refractivity contribution is -0.384. The Morgan fingerprint density at radius 2 is 2.00 bits per heavy atom. The number of nitrogens with two attached hydrogens (primary N) is 2. The average Bonchev–Trinajstić information content (AvgIpc) is 2.16. The number of nitrogens with zero attached hydrogens (tertiary/aromatic N) is 1. The number of hydrogen-bond donors (Lipinski definition) is 3. The van der Waals surface area contributed by atoms with Gasteiger partial charge in [0.05, 0.1) is 10.6 Å². The number of non-ortho nitro benzene ring substituents is 1. The number of anilines is 1. The molecule has 0 saturated carbocycles. The molecule has 5 N–H and O–H groups in total. The molecule has 0 bridgehead atoms. The van der Waals surface area contributed by atoms with E-state index in [1.54, 1.807) is 0 Å². The fraction of sp³-hybridized carbons (Fsp3) is 0. The van der Waals surface area contributed by atoms with Crippen LogP contribution in [0.2, 0.25) is 0 Å². The monoisotopic (exact) mass is 256 g/mol. The SMILES string of the molecule is NC(=S)Nc1ccc([N+](=O)[O-])cc1C(N)=S. The van der Waals surface area contributed by atoms with Gasteiger partial charge in [-0.25, -0.2) is 0 Å². The van der Waals surface area contributed by atoms with Gasteiger partial charge in [0.1, 0.15) is 4.99 Å². The third-order valence-corrected chi connectivity index (χ3v) is 2.06. The summed E-state index contributed by atoms with van der Waals surface area (Å²) < 4.78 is 0. The van der Waals surface area contributed by atoms with Crippen molar-refractivity contribution in [2.75, 3.05) is 5.32 Å². The van der Waals surface area contributed by atoms with Gasteiger partial charge < -0.3 is 16.8 Å². The highest BCUT2D eigenvalue weighted by atomic mass is 32.1. The van der Waals surface area contributed by atoms with Crippen LogP contribution in [0.15, 0.2) is 18.2 Å². The zero-order valence-electron chi connectivity index (χ0n) is 7.97. The molecule has 1 aromatic rings. The zero-order valence-corrected chi connectivity index (χ0v) is 9.60. The van der Waals surface area contributed by atoms with Gasteiger partial charge in [0.2, 0.25) is 0 Å². The quantitative estimate of drug-likeness (QED) is 0.418. The number of hydrogen-bond acceptors (Lipinski definition) is 4. The van der Waals surface area contributed by atoms with Gasteiger partial charge in [0.15, 0.2) is 5.11 Å². The van der Waals surface area contributed by atoms with Crippen LogP contribution >= 0.6 is 24.4 Å². The standard InChI is InChI=1S/C8H8N4O2S2/c9-7(15)5-3-4(12(13)14)1-2-6(5)11-8(10)16/h1-3H,(H2,9,15)(H3,10,11,16). The first-order valence-corrected chi connectivity index (χ1v) is 4.88. The zero-order chi connectivity index (χ0) is 12.3. The van der Waals surface area contributed by atoms with Crippen LogP contribution in [0.4, 0.5) is 11.4 Å². The van der Waals surface area contributed by atoms with Gasteiger partial charge in [-0.05, 0) is 18.3 Å². The topological polar surface area (TPSA) is 107 Å². The van der Waals surface area contributed by atoms with E-state index in [2.05, 4.69) is 17.5 Å². The molecule has 16 heavy (non-hydrogen) atoms. The van der Waals surface area contributed by atoms with Gasteiger partial charge in [0.25, 0.3) is 5.69 Å². The smallest absolute Gasteiger partial charge is 0.270 e. The van der Waals surface area contributed by atoms with Crippen LogP contribution in [0.3, 0.4) is 0 Å². The van der Waals surface area contributed by atoms with E-state index in [-0.39, 0.29) is 15.8 Å². The number of benzene rings is 1. The number of nitro benzene ring substituents is 1. The van der Waals surface area contributed by atoms with Gasteiger partial charge in [0, 0.05) is 17.7 Å². The number of nitro groups is 1. The fourth-order valence-corrected chi connectivity index (χ4v) is 1.37. The Balaban J connectivity index is 3.24. The fourth-order valence-electron chi connectivity index (χ4n) is 1.09. The molecule has 0 amide bonds. The molecule has 6 nitrogen and oxygen atoms in total. The molecule has 0 spiro atoms. The molecule has 0 radical (unpaired) electrons. The largest absolute Gasteiger partial charge is 0.389 e. The van der Waals surface area contributed by atoms with Crippen molar-refractivity contribution >= 4 is 45.9 Å². The lowest BCUT2D eigenvalue weighted by atomic mass is 10.1. The van der Waals surface area contributed by atoms with E-state index in [0.717, 1.165) is 0 Å². The Morgan fingerprint density at radius 3 is 2.44 bits per heavy atom. The van der Waals surface area contributed by atoms with E-state index in [9.17, 15) is 10.1 Å². The van der Waals surface area contributed by atoms with Crippen LogP contribution < -0.4 is 16.8 Å². The molecule has 0 saturated heterocycles. The van der Waals surface area contributed by atoms with Gasteiger partial charge in [-0.2, -0.15) is 0 Å². The average molecular weight is 256 g/mol. The highest BCUT2D eigenvalue weighted by Crippen LogP contribution is 2.21. The van der Waals surface area contributed by atoms with Gasteiger partial charge >= 0.3 is 0 Å². The molecule has 1 aromatic carbocycles. The summed E-state index contributed by atoms with van der Waals surface area (Å²) in [6.45, 7) is 0. The highest BCUT2D eigenvalue weighted by molar-refractivity contribution is 7.81. The van der Waals surface area contributed by atoms with Crippen molar-refractivity contribution in [3.8, 4) is 0 Å². The van der Waals surface area contributed by atoms with E-state index >= 15 is 0 Å². The molecule has 0 unspecified atom stereocenters. The summed E-state index contributed by atoms with van der Waals surface area (Å²) in [5, 5.41) is 13.2. The summed E-state index contributed by atoms with van der Waals surface area (Å²) in [6, 6.07) is 4.02. The van der Waals surface area contributed by atoms with Crippen molar-refractivity contribution in [1.82, 2.24) is 0 Å². The van der Waals surface area contributed by atoms with Crippen LogP contribution in [0.1, 0.15) is 5.56 Å². The molecule has 0 heterocycles. The second-order valence-corrected chi connectivity index (χ2v) is 3.72. The lowest BCUT2D eigenvalue weighted by Gasteiger charge is -2.09. The van der Waals surface area contributed by atoms with E-state index < -0.39 is 4.92 Å². The summed E-state index contributed by atoms with van der Waals surface area (Å²) in [6.07, 6.45) is 0. The Morgan fingerprint density at radius 1 is 1.38 bits per heavy atom. The van der Waals surface area contributed by atoms with Crippen molar-refractivity contribution in [3.63, 3.8) is 0 Å². The van der Waals surface area contributed by atoms with E-state index in [0.29, 0.717) is 11.3 Å². The molecule has 0 aliphatic rings. The maximum atomic E-state index is 10.6. The predicted molar refractivity (Wildman–Crippen MR) is 69.4 cm³/mol. The maximum absolute atomic E-state index is 10.6. The van der Waals surface area contributed by atoms with Crippen LogP contribution in [0.5, 0.6) is 0 Å². The minimum atomic E-state index is -0.535. The summed E-state index contributed by atoms with van der Waals surface area (Å²) in [5.41, 5.74) is 11.4. The molecule has 84 valence electrons. The Hall–Kier alpha value is -1.80. The first-order valence-electron chi connectivity index (χ1n) is 4.06. The van der Waals surface area contributed by atoms with Crippen LogP contribution in [-0.4, -0.2) is 15.0 Å². The number of nitrogens with one attached hydrogen (secondary N) is 1. The molecule has 0 atom stereocenters. The van der Waals surface area contributed by atoms with Crippen molar-refractivity contribution in [3.05, 3.63) is 33.9 Å². The maximum Gasteiger partial charge on any atom is 0.270 e. The molecule has 0 aliphatic carbocycles. The summed E-state index contributed by atoms with van der Waals surface area (Å²) in [7, 11) is 0. The van der Waals surface area contributed by atoms with E-state index in [1.165, 1.54) is 18.2 Å². The van der Waals surface area contributed by atoms with Crippen LogP contribution in [0, 0.1) is 10.1 Å².